The van der Waals surface area contributed by atoms with E-state index in [1.54, 1.807) is 23.1 Å². The van der Waals surface area contributed by atoms with E-state index in [2.05, 4.69) is 24.4 Å². The number of hydrogen-bond donors (Lipinski definition) is 2. The summed E-state index contributed by atoms with van der Waals surface area (Å²) < 4.78 is 33.9. The Kier molecular flexibility index (Phi) is 12.6. The number of rotatable bonds is 15. The van der Waals surface area contributed by atoms with Gasteiger partial charge in [-0.2, -0.15) is 0 Å². The maximum absolute atomic E-state index is 13.9. The number of amides is 1. The van der Waals surface area contributed by atoms with Crippen molar-refractivity contribution in [1.82, 2.24) is 10.2 Å². The second-order valence-electron chi connectivity index (χ2n) is 12.0. The predicted molar refractivity (Wildman–Crippen MR) is 172 cm³/mol. The van der Waals surface area contributed by atoms with Gasteiger partial charge in [0.25, 0.3) is 5.91 Å². The predicted octanol–water partition coefficient (Wildman–Crippen LogP) is 6.72. The lowest BCUT2D eigenvalue weighted by molar-refractivity contribution is 0.0220. The largest absolute Gasteiger partial charge is 0.456 e. The van der Waals surface area contributed by atoms with Crippen LogP contribution in [0, 0.1) is 18.6 Å². The van der Waals surface area contributed by atoms with E-state index in [0.717, 1.165) is 36.5 Å². The molecule has 3 aromatic carbocycles. The summed E-state index contributed by atoms with van der Waals surface area (Å²) in [4.78, 5) is 28.7. The third kappa shape index (κ3) is 9.69. The Morgan fingerprint density at radius 1 is 0.909 bits per heavy atom. The number of ether oxygens (including phenoxy) is 1. The quantitative estimate of drug-likeness (QED) is 0.188. The molecule has 0 unspecified atom stereocenters. The van der Waals surface area contributed by atoms with Gasteiger partial charge in [-0.3, -0.25) is 4.79 Å². The van der Waals surface area contributed by atoms with Crippen molar-refractivity contribution >= 4 is 11.9 Å². The maximum Gasteiger partial charge on any atom is 0.338 e. The number of carbonyl (C=O) groups excluding carboxylic acids is 2. The Bertz CT molecular complexity index is 1400. The van der Waals surface area contributed by atoms with Crippen LogP contribution in [0.4, 0.5) is 8.78 Å². The number of benzene rings is 3. The van der Waals surface area contributed by atoms with Crippen LogP contribution >= 0.6 is 0 Å². The third-order valence-corrected chi connectivity index (χ3v) is 7.77. The summed E-state index contributed by atoms with van der Waals surface area (Å²) in [6.45, 7) is 13.5. The summed E-state index contributed by atoms with van der Waals surface area (Å²) in [6.07, 6.45) is 1.79. The zero-order chi connectivity index (χ0) is 32.4. The molecule has 3 aromatic rings. The smallest absolute Gasteiger partial charge is 0.338 e. The Balaban J connectivity index is 1.88. The molecule has 44 heavy (non-hydrogen) atoms. The summed E-state index contributed by atoms with van der Waals surface area (Å²) in [5.41, 5.74) is 10.1. The zero-order valence-corrected chi connectivity index (χ0v) is 26.9. The number of aryl methyl sites for hydroxylation is 2. The van der Waals surface area contributed by atoms with Gasteiger partial charge in [0.1, 0.15) is 17.7 Å². The fourth-order valence-corrected chi connectivity index (χ4v) is 5.32. The first-order valence-electron chi connectivity index (χ1n) is 15.5. The van der Waals surface area contributed by atoms with Gasteiger partial charge in [0.05, 0.1) is 5.56 Å². The molecule has 3 rings (SSSR count). The number of hydrogen-bond acceptors (Lipinski definition) is 5. The van der Waals surface area contributed by atoms with Crippen LogP contribution in [0.25, 0.3) is 0 Å². The van der Waals surface area contributed by atoms with E-state index in [9.17, 15) is 18.4 Å². The molecular formula is C36H47F2N3O3. The highest BCUT2D eigenvalue weighted by atomic mass is 19.1. The van der Waals surface area contributed by atoms with Crippen molar-refractivity contribution in [2.24, 2.45) is 5.73 Å². The lowest BCUT2D eigenvalue weighted by Crippen LogP contribution is -2.50. The van der Waals surface area contributed by atoms with Crippen LogP contribution in [0.3, 0.4) is 0 Å². The van der Waals surface area contributed by atoms with Gasteiger partial charge in [-0.05, 0) is 99.0 Å². The molecule has 0 radical (unpaired) electrons. The van der Waals surface area contributed by atoms with E-state index in [0.29, 0.717) is 24.2 Å². The molecule has 0 spiro atoms. The number of halogens is 2. The first kappa shape index (κ1) is 34.9. The van der Waals surface area contributed by atoms with E-state index < -0.39 is 35.3 Å². The van der Waals surface area contributed by atoms with E-state index in [1.807, 2.05) is 46.8 Å². The fourth-order valence-electron chi connectivity index (χ4n) is 5.32. The van der Waals surface area contributed by atoms with Gasteiger partial charge in [-0.1, -0.05) is 45.0 Å². The van der Waals surface area contributed by atoms with Gasteiger partial charge in [-0.25, -0.2) is 13.6 Å². The van der Waals surface area contributed by atoms with Crippen LogP contribution in [0.1, 0.15) is 90.4 Å². The molecule has 0 fully saturated rings. The summed E-state index contributed by atoms with van der Waals surface area (Å²) in [5.74, 6) is -2.16. The molecule has 8 heteroatoms. The van der Waals surface area contributed by atoms with Crippen molar-refractivity contribution in [3.8, 4) is 0 Å². The average molecular weight is 608 g/mol. The normalized spacial score (nSPS) is 12.9. The second kappa shape index (κ2) is 15.9. The van der Waals surface area contributed by atoms with Crippen molar-refractivity contribution < 1.29 is 23.1 Å². The van der Waals surface area contributed by atoms with Gasteiger partial charge in [0.15, 0.2) is 0 Å². The molecule has 0 saturated carbocycles. The Morgan fingerprint density at radius 2 is 1.55 bits per heavy atom. The number of nitrogens with one attached hydrogen (secondary N) is 1. The van der Waals surface area contributed by atoms with Crippen LogP contribution in [-0.4, -0.2) is 48.6 Å². The lowest BCUT2D eigenvalue weighted by atomic mass is 9.91. The summed E-state index contributed by atoms with van der Waals surface area (Å²) in [6, 6.07) is 15.8. The van der Waals surface area contributed by atoms with Crippen molar-refractivity contribution in [3.63, 3.8) is 0 Å². The number of esters is 1. The monoisotopic (exact) mass is 607 g/mol. The van der Waals surface area contributed by atoms with E-state index in [4.69, 9.17) is 10.5 Å². The molecule has 3 N–H and O–H groups in total. The molecule has 0 bridgehead atoms. The third-order valence-electron chi connectivity index (χ3n) is 7.77. The fraction of sp³-hybridized carbons (Fsp3) is 0.444. The molecular weight excluding hydrogens is 560 g/mol. The first-order chi connectivity index (χ1) is 20.9. The van der Waals surface area contributed by atoms with Crippen LogP contribution in [-0.2, 0) is 23.1 Å². The Labute approximate surface area is 261 Å². The van der Waals surface area contributed by atoms with Gasteiger partial charge >= 0.3 is 5.97 Å². The van der Waals surface area contributed by atoms with Crippen molar-refractivity contribution in [2.75, 3.05) is 19.6 Å². The minimum atomic E-state index is -0.848. The molecule has 0 aromatic heterocycles. The van der Waals surface area contributed by atoms with Gasteiger partial charge in [-0.15, -0.1) is 0 Å². The molecule has 0 aliphatic heterocycles. The van der Waals surface area contributed by atoms with Crippen LogP contribution in [0.5, 0.6) is 0 Å². The van der Waals surface area contributed by atoms with Gasteiger partial charge < -0.3 is 20.7 Å². The lowest BCUT2D eigenvalue weighted by Gasteiger charge is -2.32. The highest BCUT2D eigenvalue weighted by Crippen LogP contribution is 2.23. The molecule has 0 saturated heterocycles. The van der Waals surface area contributed by atoms with Crippen LogP contribution in [0.15, 0.2) is 60.7 Å². The van der Waals surface area contributed by atoms with E-state index >= 15 is 0 Å². The highest BCUT2D eigenvalue weighted by Gasteiger charge is 2.28. The van der Waals surface area contributed by atoms with Crippen molar-refractivity contribution in [1.29, 1.82) is 0 Å². The topological polar surface area (TPSA) is 84.7 Å². The minimum absolute atomic E-state index is 0.0839. The number of nitrogens with two attached hydrogens (primary N) is 1. The molecule has 2 atom stereocenters. The SMILES string of the molecule is CCCN(CCC)C(=O)c1cc(C)cc(C(=O)O[C@@H](CNC(C)(C)c2cccc(CC)c2)[C@H](N)Cc2cc(F)cc(F)c2)c1. The Morgan fingerprint density at radius 3 is 2.16 bits per heavy atom. The molecule has 1 amide bonds. The minimum Gasteiger partial charge on any atom is -0.456 e. The van der Waals surface area contributed by atoms with Crippen LogP contribution < -0.4 is 11.1 Å². The van der Waals surface area contributed by atoms with Gasteiger partial charge in [0.2, 0.25) is 0 Å². The van der Waals surface area contributed by atoms with Gasteiger partial charge in [0, 0.05) is 42.8 Å². The molecule has 0 aliphatic rings. The Hall–Kier alpha value is -3.62. The maximum atomic E-state index is 13.9. The van der Waals surface area contributed by atoms with Crippen molar-refractivity contribution in [3.05, 3.63) is 106 Å². The molecule has 0 aliphatic carbocycles. The highest BCUT2D eigenvalue weighted by molar-refractivity contribution is 5.98. The molecule has 0 heterocycles. The zero-order valence-electron chi connectivity index (χ0n) is 26.9. The molecule has 238 valence electrons. The number of nitrogens with zero attached hydrogens (tertiary/aromatic N) is 1. The van der Waals surface area contributed by atoms with Crippen LogP contribution in [0.2, 0.25) is 0 Å². The average Bonchev–Trinajstić information content (AvgIpc) is 2.97. The van der Waals surface area contributed by atoms with E-state index in [-0.39, 0.29) is 24.4 Å². The van der Waals surface area contributed by atoms with Crippen molar-refractivity contribution in [2.45, 2.75) is 84.9 Å². The van der Waals surface area contributed by atoms with E-state index in [1.165, 1.54) is 17.7 Å². The standard InChI is InChI=1S/C36H47F2N3O3/c1-7-13-41(14-8-2)34(42)27-15-24(4)16-28(21-27)35(43)44-33(32(39)20-26-18-30(37)22-31(38)19-26)23-40-36(5,6)29-12-10-11-25(9-3)17-29/h10-12,15-19,21-22,32-33,40H,7-9,13-14,20,23,39H2,1-6H3/t32-,33+/m1/s1. The summed E-state index contributed by atoms with van der Waals surface area (Å²) in [5, 5.41) is 3.49. The number of carbonyl (C=O) groups is 2. The molecule has 6 nitrogen and oxygen atoms in total. The second-order valence-corrected chi connectivity index (χ2v) is 12.0. The summed E-state index contributed by atoms with van der Waals surface area (Å²) >= 11 is 0. The summed E-state index contributed by atoms with van der Waals surface area (Å²) in [7, 11) is 0. The first-order valence-corrected chi connectivity index (χ1v) is 15.5.